The number of fused-ring (bicyclic) bond motifs is 1. The molecule has 3 rings (SSSR count). The molecule has 2 saturated carbocycles. The van der Waals surface area contributed by atoms with Gasteiger partial charge in [0.15, 0.2) is 0 Å². The third kappa shape index (κ3) is 2.05. The van der Waals surface area contributed by atoms with Crippen LogP contribution in [-0.2, 0) is 11.2 Å². The van der Waals surface area contributed by atoms with E-state index in [4.69, 9.17) is 0 Å². The highest BCUT2D eigenvalue weighted by molar-refractivity contribution is 9.10. The molecule has 2 aliphatic rings. The van der Waals surface area contributed by atoms with Gasteiger partial charge < -0.3 is 0 Å². The van der Waals surface area contributed by atoms with E-state index in [1.807, 2.05) is 12.1 Å². The lowest BCUT2D eigenvalue weighted by molar-refractivity contribution is -0.122. The lowest BCUT2D eigenvalue weighted by Gasteiger charge is -2.09. The van der Waals surface area contributed by atoms with Crippen LogP contribution in [0.25, 0.3) is 0 Å². The summed E-state index contributed by atoms with van der Waals surface area (Å²) in [6.07, 6.45) is 5.92. The lowest BCUT2D eigenvalue weighted by Crippen LogP contribution is -2.15. The molecule has 1 aromatic heterocycles. The first-order chi connectivity index (χ1) is 7.72. The van der Waals surface area contributed by atoms with Crippen molar-refractivity contribution in [1.82, 2.24) is 4.98 Å². The smallest absolute Gasteiger partial charge is 0.141 e. The lowest BCUT2D eigenvalue weighted by atomic mass is 9.95. The van der Waals surface area contributed by atoms with Gasteiger partial charge in [0.2, 0.25) is 0 Å². The fourth-order valence-electron chi connectivity index (χ4n) is 2.81. The van der Waals surface area contributed by atoms with Gasteiger partial charge in [-0.05, 0) is 59.2 Å². The van der Waals surface area contributed by atoms with Gasteiger partial charge in [0.25, 0.3) is 0 Å². The highest BCUT2D eigenvalue weighted by Gasteiger charge is 2.47. The van der Waals surface area contributed by atoms with Gasteiger partial charge in [-0.15, -0.1) is 0 Å². The van der Waals surface area contributed by atoms with Gasteiger partial charge in [0.05, 0.1) is 0 Å². The van der Waals surface area contributed by atoms with Crippen LogP contribution in [0.1, 0.15) is 25.0 Å². The molecular weight excluding hydrogens is 266 g/mol. The molecule has 0 radical (unpaired) electrons. The third-order valence-electron chi connectivity index (χ3n) is 3.84. The Hall–Kier alpha value is -0.700. The van der Waals surface area contributed by atoms with Gasteiger partial charge in [-0.2, -0.15) is 0 Å². The number of Topliss-reactive ketones (excluding diaryl/α,β-unsaturated/α-hetero) is 1. The van der Waals surface area contributed by atoms with E-state index in [0.29, 0.717) is 18.1 Å². The van der Waals surface area contributed by atoms with E-state index >= 15 is 0 Å². The van der Waals surface area contributed by atoms with E-state index < -0.39 is 0 Å². The molecule has 0 aliphatic heterocycles. The quantitative estimate of drug-likeness (QED) is 0.852. The van der Waals surface area contributed by atoms with E-state index in [9.17, 15) is 4.79 Å². The predicted octanol–water partition coefficient (Wildman–Crippen LogP) is 3.00. The molecule has 2 fully saturated rings. The molecular formula is C13H14BrNO. The van der Waals surface area contributed by atoms with E-state index in [2.05, 4.69) is 20.9 Å². The Morgan fingerprint density at radius 1 is 1.31 bits per heavy atom. The van der Waals surface area contributed by atoms with Crippen LogP contribution in [0.4, 0.5) is 0 Å². The van der Waals surface area contributed by atoms with E-state index in [1.165, 1.54) is 6.42 Å². The normalized spacial score (nSPS) is 31.2. The van der Waals surface area contributed by atoms with Crippen LogP contribution in [0.2, 0.25) is 0 Å². The highest BCUT2D eigenvalue weighted by atomic mass is 79.9. The Balaban J connectivity index is 1.61. The number of halogens is 1. The summed E-state index contributed by atoms with van der Waals surface area (Å²) in [6.45, 7) is 0. The van der Waals surface area contributed by atoms with Crippen LogP contribution in [0.3, 0.4) is 0 Å². The second kappa shape index (κ2) is 3.95. The third-order valence-corrected chi connectivity index (χ3v) is 4.31. The summed E-state index contributed by atoms with van der Waals surface area (Å²) in [7, 11) is 0. The Kier molecular flexibility index (Phi) is 2.58. The molecule has 0 amide bonds. The first-order valence-corrected chi connectivity index (χ1v) is 6.65. The first-order valence-electron chi connectivity index (χ1n) is 5.85. The van der Waals surface area contributed by atoms with Crippen molar-refractivity contribution in [3.8, 4) is 0 Å². The average Bonchev–Trinajstić information content (AvgIpc) is 2.89. The summed E-state index contributed by atoms with van der Waals surface area (Å²) >= 11 is 3.34. The van der Waals surface area contributed by atoms with Crippen molar-refractivity contribution >= 4 is 21.7 Å². The predicted molar refractivity (Wildman–Crippen MR) is 65.0 cm³/mol. The van der Waals surface area contributed by atoms with Gasteiger partial charge in [0, 0.05) is 28.7 Å². The van der Waals surface area contributed by atoms with Crippen molar-refractivity contribution in [2.75, 3.05) is 0 Å². The van der Waals surface area contributed by atoms with Crippen LogP contribution in [-0.4, -0.2) is 10.8 Å². The molecule has 1 heterocycles. The van der Waals surface area contributed by atoms with Crippen molar-refractivity contribution in [3.63, 3.8) is 0 Å². The molecule has 16 heavy (non-hydrogen) atoms. The Labute approximate surface area is 104 Å². The SMILES string of the molecule is O=C(Cc1ccc(Br)cn1)C1CC2CC2C1. The summed E-state index contributed by atoms with van der Waals surface area (Å²) in [5.41, 5.74) is 0.897. The van der Waals surface area contributed by atoms with Crippen LogP contribution in [0.15, 0.2) is 22.8 Å². The zero-order chi connectivity index (χ0) is 11.1. The number of pyridine rings is 1. The molecule has 2 aliphatic carbocycles. The summed E-state index contributed by atoms with van der Waals surface area (Å²) in [5.74, 6) is 2.48. The van der Waals surface area contributed by atoms with E-state index in [-0.39, 0.29) is 0 Å². The minimum absolute atomic E-state index is 0.328. The first kappa shape index (κ1) is 10.5. The zero-order valence-electron chi connectivity index (χ0n) is 9.03. The molecule has 0 aromatic carbocycles. The molecule has 3 heteroatoms. The maximum Gasteiger partial charge on any atom is 0.141 e. The maximum atomic E-state index is 12.0. The van der Waals surface area contributed by atoms with Gasteiger partial charge >= 0.3 is 0 Å². The molecule has 2 unspecified atom stereocenters. The monoisotopic (exact) mass is 279 g/mol. The van der Waals surface area contributed by atoms with Crippen LogP contribution in [0, 0.1) is 17.8 Å². The van der Waals surface area contributed by atoms with Crippen molar-refractivity contribution in [2.45, 2.75) is 25.7 Å². The average molecular weight is 280 g/mol. The molecule has 2 nitrogen and oxygen atoms in total. The maximum absolute atomic E-state index is 12.0. The number of ketones is 1. The van der Waals surface area contributed by atoms with Crippen LogP contribution in [0.5, 0.6) is 0 Å². The fraction of sp³-hybridized carbons (Fsp3) is 0.538. The number of carbonyl (C=O) groups is 1. The molecule has 0 bridgehead atoms. The summed E-state index contributed by atoms with van der Waals surface area (Å²) in [4.78, 5) is 16.3. The van der Waals surface area contributed by atoms with Gasteiger partial charge in [0.1, 0.15) is 5.78 Å². The Morgan fingerprint density at radius 3 is 2.69 bits per heavy atom. The van der Waals surface area contributed by atoms with Crippen molar-refractivity contribution < 1.29 is 4.79 Å². The Bertz CT molecular complexity index is 404. The number of nitrogens with zero attached hydrogens (tertiary/aromatic N) is 1. The molecule has 1 aromatic rings. The number of aromatic nitrogens is 1. The molecule has 0 spiro atoms. The van der Waals surface area contributed by atoms with Gasteiger partial charge in [-0.25, -0.2) is 0 Å². The van der Waals surface area contributed by atoms with Crippen molar-refractivity contribution in [1.29, 1.82) is 0 Å². The van der Waals surface area contributed by atoms with Gasteiger partial charge in [-0.1, -0.05) is 0 Å². The second-order valence-electron chi connectivity index (χ2n) is 5.04. The molecule has 0 N–H and O–H groups in total. The highest BCUT2D eigenvalue weighted by Crippen LogP contribution is 2.54. The number of hydrogen-bond acceptors (Lipinski definition) is 2. The fourth-order valence-corrected chi connectivity index (χ4v) is 3.05. The van der Waals surface area contributed by atoms with E-state index in [1.54, 1.807) is 6.20 Å². The van der Waals surface area contributed by atoms with Crippen molar-refractivity contribution in [3.05, 3.63) is 28.5 Å². The van der Waals surface area contributed by atoms with Crippen LogP contribution >= 0.6 is 15.9 Å². The van der Waals surface area contributed by atoms with Gasteiger partial charge in [-0.3, -0.25) is 9.78 Å². The topological polar surface area (TPSA) is 30.0 Å². The standard InChI is InChI=1S/C13H14BrNO/c14-11-1-2-12(15-7-11)6-13(16)10-4-8-3-9(8)5-10/h1-2,7-10H,3-6H2. The minimum atomic E-state index is 0.328. The Morgan fingerprint density at radius 2 is 2.06 bits per heavy atom. The zero-order valence-corrected chi connectivity index (χ0v) is 10.6. The molecule has 0 saturated heterocycles. The van der Waals surface area contributed by atoms with Crippen LogP contribution < -0.4 is 0 Å². The van der Waals surface area contributed by atoms with E-state index in [0.717, 1.165) is 34.8 Å². The second-order valence-corrected chi connectivity index (χ2v) is 5.95. The van der Waals surface area contributed by atoms with Crippen molar-refractivity contribution in [2.24, 2.45) is 17.8 Å². The summed E-state index contributed by atoms with van der Waals surface area (Å²) < 4.78 is 0.964. The molecule has 84 valence electrons. The summed E-state index contributed by atoms with van der Waals surface area (Å²) in [5, 5.41) is 0. The molecule has 2 atom stereocenters. The number of hydrogen-bond donors (Lipinski definition) is 0. The summed E-state index contributed by atoms with van der Waals surface area (Å²) in [6, 6.07) is 3.87. The number of rotatable bonds is 3. The number of carbonyl (C=O) groups excluding carboxylic acids is 1. The minimum Gasteiger partial charge on any atom is -0.299 e. The largest absolute Gasteiger partial charge is 0.299 e.